The lowest BCUT2D eigenvalue weighted by atomic mass is 9.96. The molecule has 0 radical (unpaired) electrons. The first-order valence-electron chi connectivity index (χ1n) is 10.1. The molecular formula is C21H26F2N2O6. The monoisotopic (exact) mass is 440 g/mol. The smallest absolute Gasteiger partial charge is 0.309 e. The van der Waals surface area contributed by atoms with Gasteiger partial charge in [-0.2, -0.15) is 0 Å². The zero-order valence-corrected chi connectivity index (χ0v) is 17.3. The zero-order chi connectivity index (χ0) is 22.8. The standard InChI is InChI=1S/C21H26F2N2O6/c1-2-30-19(27)4-3-9-24-18(26)13-31-21(29)14-7-10-25(11-8-14)20(28)16-6-5-15(22)12-17(16)23/h5-6,12,14H,2-4,7-11,13H2,1H3,(H,24,26). The van der Waals surface area contributed by atoms with Gasteiger partial charge in [0.1, 0.15) is 11.6 Å². The van der Waals surface area contributed by atoms with Crippen LogP contribution in [0.1, 0.15) is 43.0 Å². The highest BCUT2D eigenvalue weighted by Gasteiger charge is 2.30. The van der Waals surface area contributed by atoms with Gasteiger partial charge in [-0.05, 0) is 38.3 Å². The lowest BCUT2D eigenvalue weighted by Crippen LogP contribution is -2.41. The number of amides is 2. The van der Waals surface area contributed by atoms with Crippen molar-refractivity contribution in [2.45, 2.75) is 32.6 Å². The molecule has 31 heavy (non-hydrogen) atoms. The molecule has 1 aliphatic heterocycles. The molecule has 1 aromatic carbocycles. The number of likely N-dealkylation sites (tertiary alicyclic amines) is 1. The Kier molecular flexibility index (Phi) is 9.36. The molecule has 1 aromatic rings. The fourth-order valence-electron chi connectivity index (χ4n) is 3.15. The van der Waals surface area contributed by atoms with Crippen LogP contribution in [0.3, 0.4) is 0 Å². The summed E-state index contributed by atoms with van der Waals surface area (Å²) in [5.41, 5.74) is -0.220. The average molecular weight is 440 g/mol. The highest BCUT2D eigenvalue weighted by Crippen LogP contribution is 2.21. The van der Waals surface area contributed by atoms with Crippen LogP contribution in [0.25, 0.3) is 0 Å². The van der Waals surface area contributed by atoms with Gasteiger partial charge >= 0.3 is 11.9 Å². The molecule has 0 unspecified atom stereocenters. The van der Waals surface area contributed by atoms with E-state index in [1.54, 1.807) is 6.92 Å². The minimum Gasteiger partial charge on any atom is -0.466 e. The maximum atomic E-state index is 13.8. The summed E-state index contributed by atoms with van der Waals surface area (Å²) in [5.74, 6) is -4.09. The second kappa shape index (κ2) is 12.0. The molecule has 170 valence electrons. The van der Waals surface area contributed by atoms with Crippen molar-refractivity contribution in [2.24, 2.45) is 5.92 Å². The Morgan fingerprint density at radius 3 is 2.48 bits per heavy atom. The number of carbonyl (C=O) groups is 4. The first-order chi connectivity index (χ1) is 14.8. The molecule has 0 bridgehead atoms. The third-order valence-corrected chi connectivity index (χ3v) is 4.81. The van der Waals surface area contributed by atoms with Crippen LogP contribution in [0, 0.1) is 17.6 Å². The van der Waals surface area contributed by atoms with Crippen molar-refractivity contribution in [3.8, 4) is 0 Å². The zero-order valence-electron chi connectivity index (χ0n) is 17.3. The average Bonchev–Trinajstić information content (AvgIpc) is 2.75. The van der Waals surface area contributed by atoms with Crippen LogP contribution >= 0.6 is 0 Å². The molecule has 8 nitrogen and oxygen atoms in total. The number of piperidine rings is 1. The topological polar surface area (TPSA) is 102 Å². The number of nitrogens with zero attached hydrogens (tertiary/aromatic N) is 1. The molecule has 0 atom stereocenters. The summed E-state index contributed by atoms with van der Waals surface area (Å²) in [6, 6.07) is 2.76. The van der Waals surface area contributed by atoms with Crippen molar-refractivity contribution in [1.29, 1.82) is 0 Å². The van der Waals surface area contributed by atoms with Crippen molar-refractivity contribution < 1.29 is 37.4 Å². The minimum absolute atomic E-state index is 0.188. The molecule has 0 aromatic heterocycles. The predicted molar refractivity (Wildman–Crippen MR) is 105 cm³/mol. The van der Waals surface area contributed by atoms with Gasteiger partial charge < -0.3 is 19.7 Å². The molecular weight excluding hydrogens is 414 g/mol. The maximum absolute atomic E-state index is 13.8. The molecule has 0 saturated carbocycles. The lowest BCUT2D eigenvalue weighted by molar-refractivity contribution is -0.153. The van der Waals surface area contributed by atoms with Gasteiger partial charge in [-0.3, -0.25) is 19.2 Å². The summed E-state index contributed by atoms with van der Waals surface area (Å²) in [6.07, 6.45) is 1.23. The fourth-order valence-corrected chi connectivity index (χ4v) is 3.15. The second-order valence-electron chi connectivity index (χ2n) is 7.06. The van der Waals surface area contributed by atoms with E-state index in [1.807, 2.05) is 0 Å². The van der Waals surface area contributed by atoms with Crippen molar-refractivity contribution in [1.82, 2.24) is 10.2 Å². The van der Waals surface area contributed by atoms with E-state index < -0.39 is 41.9 Å². The van der Waals surface area contributed by atoms with Crippen molar-refractivity contribution >= 4 is 23.8 Å². The van der Waals surface area contributed by atoms with Gasteiger partial charge in [-0.1, -0.05) is 0 Å². The van der Waals surface area contributed by atoms with E-state index in [9.17, 15) is 28.0 Å². The van der Waals surface area contributed by atoms with Crippen LogP contribution < -0.4 is 5.32 Å². The van der Waals surface area contributed by atoms with Crippen LogP contribution in [0.5, 0.6) is 0 Å². The number of halogens is 2. The van der Waals surface area contributed by atoms with Gasteiger partial charge in [0.05, 0.1) is 18.1 Å². The van der Waals surface area contributed by atoms with Crippen molar-refractivity contribution in [2.75, 3.05) is 32.8 Å². The number of esters is 2. The molecule has 1 saturated heterocycles. The van der Waals surface area contributed by atoms with Crippen LogP contribution in [0.2, 0.25) is 0 Å². The first kappa shape index (κ1) is 24.2. The lowest BCUT2D eigenvalue weighted by Gasteiger charge is -2.31. The van der Waals surface area contributed by atoms with Gasteiger partial charge in [0, 0.05) is 32.1 Å². The number of hydrogen-bond donors (Lipinski definition) is 1. The van der Waals surface area contributed by atoms with E-state index in [4.69, 9.17) is 9.47 Å². The summed E-state index contributed by atoms with van der Waals surface area (Å²) in [5, 5.41) is 2.55. The quantitative estimate of drug-likeness (QED) is 0.464. The molecule has 0 spiro atoms. The number of carbonyl (C=O) groups excluding carboxylic acids is 4. The molecule has 1 aliphatic rings. The third-order valence-electron chi connectivity index (χ3n) is 4.81. The maximum Gasteiger partial charge on any atom is 0.309 e. The summed E-state index contributed by atoms with van der Waals surface area (Å²) in [6.45, 7) is 2.28. The van der Waals surface area contributed by atoms with E-state index in [1.165, 1.54) is 4.90 Å². The summed E-state index contributed by atoms with van der Waals surface area (Å²) in [4.78, 5) is 48.9. The van der Waals surface area contributed by atoms with Gasteiger partial charge in [0.2, 0.25) is 0 Å². The molecule has 1 N–H and O–H groups in total. The Bertz CT molecular complexity index is 809. The SMILES string of the molecule is CCOC(=O)CCCNC(=O)COC(=O)C1CCN(C(=O)c2ccc(F)cc2F)CC1. The number of ether oxygens (including phenoxy) is 2. The van der Waals surface area contributed by atoms with E-state index >= 15 is 0 Å². The van der Waals surface area contributed by atoms with E-state index in [2.05, 4.69) is 5.32 Å². The second-order valence-corrected chi connectivity index (χ2v) is 7.06. The Labute approximate surface area is 178 Å². The fraction of sp³-hybridized carbons (Fsp3) is 0.524. The van der Waals surface area contributed by atoms with Crippen LogP contribution in [-0.4, -0.2) is 61.5 Å². The molecule has 0 aliphatic carbocycles. The number of benzene rings is 1. The Morgan fingerprint density at radius 2 is 1.84 bits per heavy atom. The van der Waals surface area contributed by atoms with Crippen LogP contribution in [-0.2, 0) is 23.9 Å². The molecule has 1 heterocycles. The highest BCUT2D eigenvalue weighted by atomic mass is 19.1. The summed E-state index contributed by atoms with van der Waals surface area (Å²) >= 11 is 0. The largest absolute Gasteiger partial charge is 0.466 e. The van der Waals surface area contributed by atoms with Crippen molar-refractivity contribution in [3.05, 3.63) is 35.4 Å². The summed E-state index contributed by atoms with van der Waals surface area (Å²) in [7, 11) is 0. The van der Waals surface area contributed by atoms with Crippen LogP contribution in [0.4, 0.5) is 8.78 Å². The van der Waals surface area contributed by atoms with E-state index in [0.29, 0.717) is 31.9 Å². The van der Waals surface area contributed by atoms with Gasteiger partial charge in [0.25, 0.3) is 11.8 Å². The third kappa shape index (κ3) is 7.62. The van der Waals surface area contributed by atoms with Crippen molar-refractivity contribution in [3.63, 3.8) is 0 Å². The molecule has 2 amide bonds. The molecule has 10 heteroatoms. The van der Waals surface area contributed by atoms with E-state index in [0.717, 1.165) is 12.1 Å². The van der Waals surface area contributed by atoms with Crippen LogP contribution in [0.15, 0.2) is 18.2 Å². The van der Waals surface area contributed by atoms with E-state index in [-0.39, 0.29) is 37.6 Å². The Balaban J connectivity index is 1.68. The Hall–Kier alpha value is -3.04. The number of hydrogen-bond acceptors (Lipinski definition) is 6. The predicted octanol–water partition coefficient (Wildman–Crippen LogP) is 1.82. The minimum atomic E-state index is -0.931. The Morgan fingerprint density at radius 1 is 1.13 bits per heavy atom. The van der Waals surface area contributed by atoms with Gasteiger partial charge in [-0.25, -0.2) is 8.78 Å². The van der Waals surface area contributed by atoms with Gasteiger partial charge in [-0.15, -0.1) is 0 Å². The molecule has 2 rings (SSSR count). The summed E-state index contributed by atoms with van der Waals surface area (Å²) < 4.78 is 36.6. The first-order valence-corrected chi connectivity index (χ1v) is 10.1. The molecule has 1 fully saturated rings. The number of nitrogens with one attached hydrogen (secondary N) is 1. The van der Waals surface area contributed by atoms with Gasteiger partial charge in [0.15, 0.2) is 6.61 Å². The number of rotatable bonds is 9. The normalized spacial score (nSPS) is 14.1. The highest BCUT2D eigenvalue weighted by molar-refractivity contribution is 5.94.